The predicted octanol–water partition coefficient (Wildman–Crippen LogP) is 8.30. The van der Waals surface area contributed by atoms with Crippen molar-refractivity contribution in [2.24, 2.45) is 0 Å². The molecule has 0 aromatic rings. The molecule has 0 nitrogen and oxygen atoms in total. The van der Waals surface area contributed by atoms with Crippen LogP contribution in [-0.4, -0.2) is 10.2 Å². The van der Waals surface area contributed by atoms with Crippen molar-refractivity contribution >= 4 is 104 Å². The third-order valence-corrected chi connectivity index (χ3v) is 2.69. The summed E-state index contributed by atoms with van der Waals surface area (Å²) in [5, 5.41) is 0.472. The smallest absolute Gasteiger partial charge is 0.123 e. The Balaban J connectivity index is -0.0000000434. The number of hydrogen-bond donors (Lipinski definition) is 0. The fourth-order valence-electron chi connectivity index (χ4n) is 0. The second-order valence-electron chi connectivity index (χ2n) is 2.17. The van der Waals surface area contributed by atoms with E-state index in [2.05, 4.69) is 21.7 Å². The van der Waals surface area contributed by atoms with Crippen LogP contribution in [0.15, 0.2) is 22.2 Å². The van der Waals surface area contributed by atoms with Gasteiger partial charge in [-0.2, -0.15) is 0 Å². The van der Waals surface area contributed by atoms with Gasteiger partial charge < -0.3 is 0 Å². The molecule has 0 saturated carbocycles. The van der Waals surface area contributed by atoms with Crippen LogP contribution in [0.1, 0.15) is 20.8 Å². The molecule has 0 spiro atoms. The van der Waals surface area contributed by atoms with Crippen LogP contribution in [0, 0.1) is 0 Å². The Kier molecular flexibility index (Phi) is 56.2. The molecule has 0 radical (unpaired) electrons. The van der Waals surface area contributed by atoms with E-state index in [0.717, 1.165) is 0 Å². The highest BCUT2D eigenvalue weighted by Crippen LogP contribution is 2.11. The van der Waals surface area contributed by atoms with Gasteiger partial charge in [-0.25, -0.2) is 0 Å². The van der Waals surface area contributed by atoms with Crippen molar-refractivity contribution < 1.29 is 0 Å². The first-order chi connectivity index (χ1) is 7.83. The zero-order chi connectivity index (χ0) is 14.9. The lowest BCUT2D eigenvalue weighted by atomic mass is 10.6. The van der Waals surface area contributed by atoms with Crippen LogP contribution in [0.25, 0.3) is 0 Å². The molecule has 0 amide bonds. The lowest BCUT2D eigenvalue weighted by Crippen LogP contribution is -2.00. The quantitative estimate of drug-likeness (QED) is 0.359. The molecule has 18 heavy (non-hydrogen) atoms. The zero-order valence-electron chi connectivity index (χ0n) is 9.82. The van der Waals surface area contributed by atoms with Crippen LogP contribution in [0.3, 0.4) is 0 Å². The third kappa shape index (κ3) is 63.9. The van der Waals surface area contributed by atoms with Crippen molar-refractivity contribution in [2.45, 2.75) is 31.0 Å². The summed E-state index contributed by atoms with van der Waals surface area (Å²) in [6, 6.07) is 0. The van der Waals surface area contributed by atoms with Crippen molar-refractivity contribution in [1.29, 1.82) is 0 Å². The molecule has 0 aliphatic heterocycles. The molecule has 0 aliphatic rings. The summed E-state index contributed by atoms with van der Waals surface area (Å²) in [4.78, 5) is -0.438. The van der Waals surface area contributed by atoms with E-state index in [1.54, 1.807) is 19.9 Å². The van der Waals surface area contributed by atoms with E-state index in [1.807, 2.05) is 6.92 Å². The molecule has 0 aromatic carbocycles. The molecule has 114 valence electrons. The summed E-state index contributed by atoms with van der Waals surface area (Å²) < 4.78 is 0. The van der Waals surface area contributed by atoms with E-state index < -0.39 is 4.84 Å². The summed E-state index contributed by atoms with van der Waals surface area (Å²) >= 11 is 31.1. The molecule has 0 aliphatic carbocycles. The highest BCUT2D eigenvalue weighted by Gasteiger charge is 2.04. The zero-order valence-corrected chi connectivity index (χ0v) is 16.7. The summed E-state index contributed by atoms with van der Waals surface area (Å²) in [6.07, 6.45) is 1.77. The van der Waals surface area contributed by atoms with E-state index >= 15 is 0 Å². The van der Waals surface area contributed by atoms with Gasteiger partial charge in [-0.3, -0.25) is 0 Å². The monoisotopic (exact) mass is 438 g/mol. The van der Waals surface area contributed by atoms with Crippen molar-refractivity contribution in [2.75, 3.05) is 0 Å². The third-order valence-electron chi connectivity index (χ3n) is 0.624. The summed E-state index contributed by atoms with van der Waals surface area (Å²) in [5.74, 6) is 0. The number of rotatable bonds is 1. The Morgan fingerprint density at radius 3 is 1.22 bits per heavy atom. The van der Waals surface area contributed by atoms with Crippen LogP contribution >= 0.6 is 104 Å². The van der Waals surface area contributed by atoms with Crippen LogP contribution in [-0.2, 0) is 0 Å². The fraction of sp³-hybridized carbons (Fsp3) is 0.556. The van der Waals surface area contributed by atoms with E-state index in [-0.39, 0.29) is 17.8 Å². The van der Waals surface area contributed by atoms with Gasteiger partial charge >= 0.3 is 0 Å². The number of alkyl halides is 3. The van der Waals surface area contributed by atoms with Crippen molar-refractivity contribution in [3.8, 4) is 0 Å². The van der Waals surface area contributed by atoms with Crippen LogP contribution in [0.4, 0.5) is 0 Å². The lowest BCUT2D eigenvalue weighted by Gasteiger charge is -1.97. The Hall–Kier alpha value is 2.09. The molecule has 0 saturated heterocycles. The standard InChI is InChI=1S/C3H5Cl3.C3H4Cl2.C3H5Cl.Cl2.ClH/c1-2(4)3(5)6;1-3(5)2-4;1-2-3-4;1-2;/h2-3H,1H3;2H,1H3;2-3H,1H3;;1H/b;3-2+;3-2-;;. The van der Waals surface area contributed by atoms with Gasteiger partial charge in [-0.1, -0.05) is 40.9 Å². The normalized spacial score (nSPS) is 11.0. The van der Waals surface area contributed by atoms with Gasteiger partial charge in [0.1, 0.15) is 4.84 Å². The molecule has 1 atom stereocenters. The van der Waals surface area contributed by atoms with E-state index in [1.165, 1.54) is 11.1 Å². The van der Waals surface area contributed by atoms with E-state index in [9.17, 15) is 0 Å². The molecular weight excluding hydrogens is 427 g/mol. The number of allylic oxidation sites excluding steroid dienone is 2. The number of hydrogen-bond acceptors (Lipinski definition) is 0. The van der Waals surface area contributed by atoms with Gasteiger partial charge in [0, 0.05) is 32.3 Å². The van der Waals surface area contributed by atoms with Gasteiger partial charge in [0.15, 0.2) is 0 Å². The van der Waals surface area contributed by atoms with Crippen molar-refractivity contribution in [3.05, 3.63) is 22.2 Å². The minimum Gasteiger partial charge on any atom is -0.147 e. The van der Waals surface area contributed by atoms with Gasteiger partial charge in [-0.05, 0) is 26.3 Å². The molecule has 0 fully saturated rings. The Morgan fingerprint density at radius 2 is 1.22 bits per heavy atom. The second kappa shape index (κ2) is 31.5. The first-order valence-corrected chi connectivity index (χ1v) is 7.74. The second-order valence-corrected chi connectivity index (χ2v) is 5.09. The summed E-state index contributed by atoms with van der Waals surface area (Å²) in [7, 11) is 8.22. The maximum atomic E-state index is 5.35. The first-order valence-electron chi connectivity index (χ1n) is 4.03. The minimum atomic E-state index is -0.438. The van der Waals surface area contributed by atoms with E-state index in [0.29, 0.717) is 5.03 Å². The highest BCUT2D eigenvalue weighted by atomic mass is 36.5. The molecule has 0 rings (SSSR count). The SMILES string of the molecule is C/C(Cl)=C\Cl.C/C=C\Cl.CC(Cl)C(Cl)Cl.Cl.ClCl. The topological polar surface area (TPSA) is 0 Å². The van der Waals surface area contributed by atoms with Crippen LogP contribution < -0.4 is 0 Å². The lowest BCUT2D eigenvalue weighted by molar-refractivity contribution is 1.05. The minimum absolute atomic E-state index is 0. The van der Waals surface area contributed by atoms with Crippen LogP contribution in [0.2, 0.25) is 0 Å². The average Bonchev–Trinajstić information content (AvgIpc) is 2.32. The predicted molar refractivity (Wildman–Crippen MR) is 95.9 cm³/mol. The summed E-state index contributed by atoms with van der Waals surface area (Å²) in [5.41, 5.74) is 2.79. The summed E-state index contributed by atoms with van der Waals surface area (Å²) in [6.45, 7) is 5.33. The van der Waals surface area contributed by atoms with Gasteiger partial charge in [0.25, 0.3) is 0 Å². The molecule has 0 aromatic heterocycles. The molecule has 0 bridgehead atoms. The van der Waals surface area contributed by atoms with Crippen molar-refractivity contribution in [1.82, 2.24) is 0 Å². The Bertz CT molecular complexity index is 151. The molecule has 1 unspecified atom stereocenters. The van der Waals surface area contributed by atoms with Crippen LogP contribution in [0.5, 0.6) is 0 Å². The van der Waals surface area contributed by atoms with Gasteiger partial charge in [-0.15, -0.1) is 47.2 Å². The largest absolute Gasteiger partial charge is 0.147 e. The van der Waals surface area contributed by atoms with E-state index in [4.69, 9.17) is 69.6 Å². The molecular formula is C9H15Cl9. The maximum Gasteiger partial charge on any atom is 0.123 e. The fourth-order valence-corrected chi connectivity index (χ4v) is 0. The number of halogens is 9. The Labute approximate surface area is 155 Å². The first kappa shape index (κ1) is 32.2. The van der Waals surface area contributed by atoms with Gasteiger partial charge in [0.05, 0.1) is 5.38 Å². The van der Waals surface area contributed by atoms with Gasteiger partial charge in [0.2, 0.25) is 0 Å². The maximum absolute atomic E-state index is 5.35. The molecule has 0 heterocycles. The average molecular weight is 442 g/mol. The van der Waals surface area contributed by atoms with Crippen molar-refractivity contribution in [3.63, 3.8) is 0 Å². The Morgan fingerprint density at radius 1 is 1.06 bits per heavy atom. The molecule has 9 heteroatoms. The highest BCUT2D eigenvalue weighted by molar-refractivity contribution is 6.85. The molecule has 0 N–H and O–H groups in total.